The van der Waals surface area contributed by atoms with E-state index in [2.05, 4.69) is 30.9 Å². The van der Waals surface area contributed by atoms with Crippen LogP contribution in [-0.2, 0) is 0 Å². The minimum atomic E-state index is 0.441. The number of hydrogen-bond donors (Lipinski definition) is 1. The molecule has 2 aromatic rings. The van der Waals surface area contributed by atoms with Gasteiger partial charge in [-0.1, -0.05) is 0 Å². The van der Waals surface area contributed by atoms with Crippen molar-refractivity contribution < 1.29 is 0 Å². The minimum Gasteiger partial charge on any atom is -0.382 e. The largest absolute Gasteiger partial charge is 0.382 e. The van der Waals surface area contributed by atoms with Crippen molar-refractivity contribution >= 4 is 27.6 Å². The van der Waals surface area contributed by atoms with E-state index in [4.69, 9.17) is 5.73 Å². The Morgan fingerprint density at radius 2 is 2.05 bits per heavy atom. The number of hydrogen-bond acceptors (Lipinski definition) is 4. The molecular weight excluding hydrogens is 306 g/mol. The van der Waals surface area contributed by atoms with Crippen molar-refractivity contribution in [1.29, 1.82) is 0 Å². The third-order valence-electron chi connectivity index (χ3n) is 3.51. The molecule has 1 aliphatic heterocycles. The molecular formula is C13H16BrN5. The normalized spacial score (nSPS) is 16.8. The van der Waals surface area contributed by atoms with Crippen LogP contribution < -0.4 is 10.6 Å². The Morgan fingerprint density at radius 1 is 1.26 bits per heavy atom. The Kier molecular flexibility index (Phi) is 3.42. The first-order chi connectivity index (χ1) is 9.24. The predicted molar refractivity (Wildman–Crippen MR) is 79.1 cm³/mol. The lowest BCUT2D eigenvalue weighted by atomic mass is 10.1. The molecule has 5 nitrogen and oxygen atoms in total. The zero-order valence-electron chi connectivity index (χ0n) is 10.5. The Balaban J connectivity index is 1.68. The second kappa shape index (κ2) is 5.21. The van der Waals surface area contributed by atoms with E-state index < -0.39 is 0 Å². The maximum atomic E-state index is 5.66. The number of nitrogens with two attached hydrogens (primary N) is 1. The highest BCUT2D eigenvalue weighted by molar-refractivity contribution is 9.10. The fourth-order valence-electron chi connectivity index (χ4n) is 2.51. The molecule has 1 saturated heterocycles. The number of pyridine rings is 1. The summed E-state index contributed by atoms with van der Waals surface area (Å²) in [5.41, 5.74) is 5.66. The first kappa shape index (κ1) is 12.5. The number of nitrogens with zero attached hydrogens (tertiary/aromatic N) is 4. The van der Waals surface area contributed by atoms with Gasteiger partial charge < -0.3 is 10.6 Å². The Labute approximate surface area is 120 Å². The van der Waals surface area contributed by atoms with Gasteiger partial charge in [-0.05, 0) is 47.0 Å². The van der Waals surface area contributed by atoms with Crippen LogP contribution in [0.15, 0.2) is 35.1 Å². The topological polar surface area (TPSA) is 60.0 Å². The first-order valence-corrected chi connectivity index (χ1v) is 7.19. The van der Waals surface area contributed by atoms with Crippen molar-refractivity contribution in [3.05, 3.63) is 35.1 Å². The quantitative estimate of drug-likeness (QED) is 0.923. The minimum absolute atomic E-state index is 0.441. The molecule has 2 aromatic heterocycles. The van der Waals surface area contributed by atoms with Crippen LogP contribution in [0.3, 0.4) is 0 Å². The fraction of sp³-hybridized carbons (Fsp3) is 0.385. The first-order valence-electron chi connectivity index (χ1n) is 6.40. The van der Waals surface area contributed by atoms with Gasteiger partial charge in [0.25, 0.3) is 0 Å². The second-order valence-electron chi connectivity index (χ2n) is 4.75. The van der Waals surface area contributed by atoms with Crippen LogP contribution >= 0.6 is 15.9 Å². The van der Waals surface area contributed by atoms with Crippen molar-refractivity contribution in [1.82, 2.24) is 14.8 Å². The molecule has 1 aliphatic rings. The van der Waals surface area contributed by atoms with Crippen LogP contribution in [0.1, 0.15) is 18.9 Å². The molecule has 0 bridgehead atoms. The van der Waals surface area contributed by atoms with E-state index in [1.165, 1.54) is 0 Å². The molecule has 0 radical (unpaired) electrons. The summed E-state index contributed by atoms with van der Waals surface area (Å²) in [6, 6.07) is 6.26. The Hall–Kier alpha value is -1.56. The molecule has 0 aromatic carbocycles. The van der Waals surface area contributed by atoms with Crippen molar-refractivity contribution in [3.63, 3.8) is 0 Å². The summed E-state index contributed by atoms with van der Waals surface area (Å²) in [4.78, 5) is 6.75. The molecule has 2 N–H and O–H groups in total. The van der Waals surface area contributed by atoms with E-state index in [0.29, 0.717) is 11.9 Å². The molecule has 100 valence electrons. The van der Waals surface area contributed by atoms with Gasteiger partial charge in [-0.3, -0.25) is 4.68 Å². The summed E-state index contributed by atoms with van der Waals surface area (Å²) in [5, 5.41) is 4.30. The number of anilines is 2. The third-order valence-corrected chi connectivity index (χ3v) is 4.13. The maximum Gasteiger partial charge on any atom is 0.145 e. The van der Waals surface area contributed by atoms with E-state index in [-0.39, 0.29) is 0 Å². The number of piperidine rings is 1. The van der Waals surface area contributed by atoms with E-state index in [1.54, 1.807) is 0 Å². The molecule has 0 saturated carbocycles. The summed E-state index contributed by atoms with van der Waals surface area (Å²) in [6.45, 7) is 1.97. The van der Waals surface area contributed by atoms with Gasteiger partial charge >= 0.3 is 0 Å². The summed E-state index contributed by atoms with van der Waals surface area (Å²) in [5.74, 6) is 1.62. The van der Waals surface area contributed by atoms with Crippen LogP contribution in [0.4, 0.5) is 11.6 Å². The van der Waals surface area contributed by atoms with Gasteiger partial charge in [0, 0.05) is 25.5 Å². The highest BCUT2D eigenvalue weighted by atomic mass is 79.9. The summed E-state index contributed by atoms with van der Waals surface area (Å²) >= 11 is 3.56. The predicted octanol–water partition coefficient (Wildman–Crippen LogP) is 2.46. The molecule has 6 heteroatoms. The van der Waals surface area contributed by atoms with Gasteiger partial charge in [0.15, 0.2) is 0 Å². The zero-order valence-corrected chi connectivity index (χ0v) is 12.1. The molecule has 0 atom stereocenters. The van der Waals surface area contributed by atoms with Gasteiger partial charge in [-0.2, -0.15) is 5.10 Å². The van der Waals surface area contributed by atoms with E-state index in [1.807, 2.05) is 35.3 Å². The summed E-state index contributed by atoms with van der Waals surface area (Å²) in [6.07, 6.45) is 5.92. The number of halogens is 1. The lowest BCUT2D eigenvalue weighted by Gasteiger charge is -2.33. The van der Waals surface area contributed by atoms with Gasteiger partial charge in [0.1, 0.15) is 11.6 Å². The van der Waals surface area contributed by atoms with Crippen LogP contribution in [-0.4, -0.2) is 27.9 Å². The summed E-state index contributed by atoms with van der Waals surface area (Å²) < 4.78 is 3.04. The fourth-order valence-corrected chi connectivity index (χ4v) is 3.01. The molecule has 0 aliphatic carbocycles. The molecule has 19 heavy (non-hydrogen) atoms. The van der Waals surface area contributed by atoms with E-state index >= 15 is 0 Å². The highest BCUT2D eigenvalue weighted by Gasteiger charge is 2.22. The van der Waals surface area contributed by atoms with Gasteiger partial charge in [-0.25, -0.2) is 4.98 Å². The van der Waals surface area contributed by atoms with Crippen LogP contribution in [0, 0.1) is 0 Å². The van der Waals surface area contributed by atoms with Crippen LogP contribution in [0.2, 0.25) is 0 Å². The average Bonchev–Trinajstić information content (AvgIpc) is 2.86. The van der Waals surface area contributed by atoms with E-state index in [9.17, 15) is 0 Å². The van der Waals surface area contributed by atoms with Gasteiger partial charge in [0.2, 0.25) is 0 Å². The lowest BCUT2D eigenvalue weighted by Crippen LogP contribution is -2.35. The average molecular weight is 322 g/mol. The second-order valence-corrected chi connectivity index (χ2v) is 5.60. The van der Waals surface area contributed by atoms with Crippen LogP contribution in [0.5, 0.6) is 0 Å². The zero-order chi connectivity index (χ0) is 13.2. The van der Waals surface area contributed by atoms with Crippen molar-refractivity contribution in [3.8, 4) is 0 Å². The molecule has 0 amide bonds. The molecule has 0 unspecified atom stereocenters. The standard InChI is InChI=1S/C13H16BrN5/c14-11-2-1-6-16-13(11)18-7-3-10(4-8-18)19-9-5-12(15)17-19/h1-2,5-6,9-10H,3-4,7-8H2,(H2,15,17). The number of rotatable bonds is 2. The van der Waals surface area contributed by atoms with Crippen LogP contribution in [0.25, 0.3) is 0 Å². The van der Waals surface area contributed by atoms with Crippen molar-refractivity contribution in [2.45, 2.75) is 18.9 Å². The highest BCUT2D eigenvalue weighted by Crippen LogP contribution is 2.29. The third kappa shape index (κ3) is 2.58. The lowest BCUT2D eigenvalue weighted by molar-refractivity contribution is 0.366. The molecule has 0 spiro atoms. The van der Waals surface area contributed by atoms with E-state index in [0.717, 1.165) is 36.2 Å². The van der Waals surface area contributed by atoms with Gasteiger partial charge in [-0.15, -0.1) is 0 Å². The Bertz CT molecular complexity index is 560. The Morgan fingerprint density at radius 3 is 2.68 bits per heavy atom. The van der Waals surface area contributed by atoms with Gasteiger partial charge in [0.05, 0.1) is 10.5 Å². The molecule has 3 rings (SSSR count). The molecule has 1 fully saturated rings. The smallest absolute Gasteiger partial charge is 0.145 e. The number of aromatic nitrogens is 3. The monoisotopic (exact) mass is 321 g/mol. The summed E-state index contributed by atoms with van der Waals surface area (Å²) in [7, 11) is 0. The number of nitrogen functional groups attached to an aromatic ring is 1. The van der Waals surface area contributed by atoms with Crippen molar-refractivity contribution in [2.75, 3.05) is 23.7 Å². The maximum absolute atomic E-state index is 5.66. The SMILES string of the molecule is Nc1ccn(C2CCN(c3ncccc3Br)CC2)n1. The van der Waals surface area contributed by atoms with Crippen molar-refractivity contribution in [2.24, 2.45) is 0 Å². The molecule has 3 heterocycles.